The molecule has 6 heteroatoms. The van der Waals surface area contributed by atoms with Crippen LogP contribution in [0.5, 0.6) is 0 Å². The Bertz CT molecular complexity index is 521. The van der Waals surface area contributed by atoms with E-state index in [9.17, 15) is 18.7 Å². The van der Waals surface area contributed by atoms with Crippen molar-refractivity contribution in [2.24, 2.45) is 5.73 Å². The van der Waals surface area contributed by atoms with Gasteiger partial charge in [0.15, 0.2) is 5.60 Å². The van der Waals surface area contributed by atoms with Crippen molar-refractivity contribution >= 4 is 5.78 Å². The maximum atomic E-state index is 13.1. The van der Waals surface area contributed by atoms with Gasteiger partial charge in [-0.05, 0) is 19.1 Å². The lowest BCUT2D eigenvalue weighted by molar-refractivity contribution is -0.131. The molecule has 90 valence electrons. The average molecular weight is 241 g/mol. The number of halogens is 2. The molecule has 0 bridgehead atoms. The molecule has 1 atom stereocenters. The highest BCUT2D eigenvalue weighted by Crippen LogP contribution is 2.36. The Hall–Kier alpha value is -2.11. The molecule has 0 aromatic heterocycles. The summed E-state index contributed by atoms with van der Waals surface area (Å²) >= 11 is 0. The molecule has 1 heterocycles. The average Bonchev–Trinajstić information content (AvgIpc) is 2.43. The monoisotopic (exact) mass is 241 g/mol. The fraction of sp³-hybridized carbons (Fsp3) is 0.182. The number of rotatable bonds is 1. The first kappa shape index (κ1) is 11.4. The van der Waals surface area contributed by atoms with E-state index < -0.39 is 34.7 Å². The number of carbonyl (C=O) groups excluding carboxylic acids is 1. The van der Waals surface area contributed by atoms with Crippen molar-refractivity contribution in [1.29, 1.82) is 0 Å². The van der Waals surface area contributed by atoms with Gasteiger partial charge >= 0.3 is 0 Å². The van der Waals surface area contributed by atoms with Gasteiger partial charge in [-0.2, -0.15) is 0 Å². The Morgan fingerprint density at radius 1 is 1.29 bits per heavy atom. The van der Waals surface area contributed by atoms with Crippen molar-refractivity contribution in [3.05, 3.63) is 47.0 Å². The van der Waals surface area contributed by atoms with Crippen LogP contribution in [-0.4, -0.2) is 10.9 Å². The van der Waals surface area contributed by atoms with Gasteiger partial charge in [-0.1, -0.05) is 0 Å². The zero-order valence-corrected chi connectivity index (χ0v) is 8.83. The molecule has 0 saturated heterocycles. The first-order valence-electron chi connectivity index (χ1n) is 4.73. The zero-order chi connectivity index (χ0) is 12.8. The summed E-state index contributed by atoms with van der Waals surface area (Å²) in [6.45, 7) is 1.28. The van der Waals surface area contributed by atoms with Gasteiger partial charge in [-0.15, -0.1) is 0 Å². The first-order chi connectivity index (χ1) is 7.84. The van der Waals surface area contributed by atoms with Crippen molar-refractivity contribution in [3.63, 3.8) is 0 Å². The molecule has 1 aliphatic rings. The highest BCUT2D eigenvalue weighted by molar-refractivity contribution is 6.02. The summed E-state index contributed by atoms with van der Waals surface area (Å²) in [4.78, 5) is 11.7. The molecule has 0 fully saturated rings. The molecular formula is C11H9F2NO3. The van der Waals surface area contributed by atoms with Crippen LogP contribution in [0, 0.1) is 11.6 Å². The van der Waals surface area contributed by atoms with Gasteiger partial charge in [0, 0.05) is 11.6 Å². The topological polar surface area (TPSA) is 72.6 Å². The van der Waals surface area contributed by atoms with E-state index in [2.05, 4.69) is 0 Å². The van der Waals surface area contributed by atoms with Crippen molar-refractivity contribution in [2.75, 3.05) is 0 Å². The van der Waals surface area contributed by atoms with E-state index in [0.717, 1.165) is 12.1 Å². The summed E-state index contributed by atoms with van der Waals surface area (Å²) in [5.41, 5.74) is 3.51. The lowest BCUT2D eigenvalue weighted by Gasteiger charge is -2.22. The second-order valence-corrected chi connectivity index (χ2v) is 3.84. The number of benzene rings is 1. The maximum absolute atomic E-state index is 13.1. The lowest BCUT2D eigenvalue weighted by Crippen LogP contribution is -2.31. The van der Waals surface area contributed by atoms with Crippen molar-refractivity contribution < 1.29 is 23.4 Å². The van der Waals surface area contributed by atoms with Gasteiger partial charge < -0.3 is 15.6 Å². The van der Waals surface area contributed by atoms with Gasteiger partial charge in [0.05, 0.1) is 0 Å². The van der Waals surface area contributed by atoms with Crippen LogP contribution < -0.4 is 5.73 Å². The molecular weight excluding hydrogens is 232 g/mol. The Kier molecular flexibility index (Phi) is 2.30. The molecule has 0 amide bonds. The lowest BCUT2D eigenvalue weighted by atomic mass is 9.91. The second-order valence-electron chi connectivity index (χ2n) is 3.84. The van der Waals surface area contributed by atoms with E-state index in [1.54, 1.807) is 0 Å². The molecule has 1 unspecified atom stereocenters. The summed E-state index contributed by atoms with van der Waals surface area (Å²) in [6.07, 6.45) is 0. The Morgan fingerprint density at radius 2 is 1.82 bits per heavy atom. The molecule has 2 rings (SSSR count). The smallest absolute Gasteiger partial charge is 0.250 e. The van der Waals surface area contributed by atoms with Crippen LogP contribution in [0.3, 0.4) is 0 Å². The molecule has 0 aliphatic carbocycles. The molecule has 1 aliphatic heterocycles. The summed E-state index contributed by atoms with van der Waals surface area (Å²) in [5.74, 6) is -3.72. The maximum Gasteiger partial charge on any atom is 0.250 e. The molecule has 0 radical (unpaired) electrons. The van der Waals surface area contributed by atoms with Crippen LogP contribution in [0.25, 0.3) is 0 Å². The first-order valence-corrected chi connectivity index (χ1v) is 4.73. The quantitative estimate of drug-likeness (QED) is 0.780. The molecule has 4 nitrogen and oxygen atoms in total. The summed E-state index contributed by atoms with van der Waals surface area (Å²) in [7, 11) is 0. The fourth-order valence-corrected chi connectivity index (χ4v) is 1.67. The van der Waals surface area contributed by atoms with Gasteiger partial charge in [-0.3, -0.25) is 4.79 Å². The highest BCUT2D eigenvalue weighted by atomic mass is 19.1. The Morgan fingerprint density at radius 3 is 2.24 bits per heavy atom. The van der Waals surface area contributed by atoms with E-state index in [-0.39, 0.29) is 5.56 Å². The van der Waals surface area contributed by atoms with Gasteiger partial charge in [0.25, 0.3) is 5.78 Å². The largest absolute Gasteiger partial charge is 0.501 e. The third-order valence-electron chi connectivity index (χ3n) is 2.61. The van der Waals surface area contributed by atoms with Crippen LogP contribution in [0.1, 0.15) is 12.5 Å². The van der Waals surface area contributed by atoms with Crippen LogP contribution in [-0.2, 0) is 15.1 Å². The van der Waals surface area contributed by atoms with Crippen molar-refractivity contribution in [3.8, 4) is 0 Å². The van der Waals surface area contributed by atoms with E-state index in [1.165, 1.54) is 6.92 Å². The molecule has 1 aromatic rings. The van der Waals surface area contributed by atoms with Crippen LogP contribution >= 0.6 is 0 Å². The van der Waals surface area contributed by atoms with Crippen LogP contribution in [0.2, 0.25) is 0 Å². The minimum absolute atomic E-state index is 0.0491. The van der Waals surface area contributed by atoms with Crippen molar-refractivity contribution in [2.45, 2.75) is 12.5 Å². The summed E-state index contributed by atoms with van der Waals surface area (Å²) < 4.78 is 31.1. The normalized spacial score (nSPS) is 24.1. The fourth-order valence-electron chi connectivity index (χ4n) is 1.67. The standard InChI is InChI=1S/C11H9F2NO3/c1-11(9(16)8(15)10(14)17-11)5-2-6(12)4-7(13)3-5/h2-4,15H,14H2,1H3. The van der Waals surface area contributed by atoms with Gasteiger partial charge in [-0.25, -0.2) is 8.78 Å². The van der Waals surface area contributed by atoms with E-state index >= 15 is 0 Å². The van der Waals surface area contributed by atoms with E-state index in [1.807, 2.05) is 0 Å². The number of aliphatic hydroxyl groups excluding tert-OH is 1. The number of hydrogen-bond donors (Lipinski definition) is 2. The van der Waals surface area contributed by atoms with Crippen LogP contribution in [0.4, 0.5) is 8.78 Å². The highest BCUT2D eigenvalue weighted by Gasteiger charge is 2.47. The third-order valence-corrected chi connectivity index (χ3v) is 2.61. The summed E-state index contributed by atoms with van der Waals surface area (Å²) in [5, 5.41) is 9.29. The number of Topliss-reactive ketones (excluding diaryl/α,β-unsaturated/α-hetero) is 1. The van der Waals surface area contributed by atoms with Gasteiger partial charge in [0.1, 0.15) is 11.6 Å². The molecule has 1 aromatic carbocycles. The number of nitrogens with two attached hydrogens (primary N) is 1. The summed E-state index contributed by atoms with van der Waals surface area (Å²) in [6, 6.07) is 2.57. The minimum Gasteiger partial charge on any atom is -0.501 e. The predicted molar refractivity (Wildman–Crippen MR) is 53.6 cm³/mol. The number of hydrogen-bond acceptors (Lipinski definition) is 4. The molecule has 3 N–H and O–H groups in total. The van der Waals surface area contributed by atoms with E-state index in [4.69, 9.17) is 10.5 Å². The van der Waals surface area contributed by atoms with Gasteiger partial charge in [0.2, 0.25) is 11.6 Å². The zero-order valence-electron chi connectivity index (χ0n) is 8.83. The number of carbonyl (C=O) groups is 1. The minimum atomic E-state index is -1.70. The van der Waals surface area contributed by atoms with Crippen LogP contribution in [0.15, 0.2) is 29.8 Å². The third kappa shape index (κ3) is 1.61. The molecule has 0 spiro atoms. The number of ether oxygens (including phenoxy) is 1. The van der Waals surface area contributed by atoms with Crippen molar-refractivity contribution in [1.82, 2.24) is 0 Å². The number of aliphatic hydroxyl groups is 1. The second kappa shape index (κ2) is 3.44. The number of ketones is 1. The Balaban J connectivity index is 2.51. The molecule has 0 saturated carbocycles. The Labute approximate surface area is 95.3 Å². The predicted octanol–water partition coefficient (Wildman–Crippen LogP) is 1.47. The SMILES string of the molecule is CC1(c2cc(F)cc(F)c2)OC(N)=C(O)C1=O. The van der Waals surface area contributed by atoms with E-state index in [0.29, 0.717) is 6.07 Å². The molecule has 17 heavy (non-hydrogen) atoms.